The molecule has 0 aliphatic heterocycles. The van der Waals surface area contributed by atoms with Gasteiger partial charge in [-0.15, -0.1) is 5.10 Å². The first-order valence-electron chi connectivity index (χ1n) is 5.63. The van der Waals surface area contributed by atoms with E-state index in [1.54, 1.807) is 13.1 Å². The van der Waals surface area contributed by atoms with Crippen LogP contribution in [0, 0.1) is 10.1 Å². The van der Waals surface area contributed by atoms with E-state index in [0.29, 0.717) is 5.56 Å². The van der Waals surface area contributed by atoms with Crippen LogP contribution < -0.4 is 5.32 Å². The van der Waals surface area contributed by atoms with Crippen molar-refractivity contribution in [3.05, 3.63) is 45.0 Å². The summed E-state index contributed by atoms with van der Waals surface area (Å²) in [6.45, 7) is 0. The van der Waals surface area contributed by atoms with Crippen LogP contribution in [-0.2, 0) is 11.8 Å². The van der Waals surface area contributed by atoms with Gasteiger partial charge >= 0.3 is 0 Å². The number of nitro benzene ring substituents is 1. The molecule has 2 aromatic rings. The van der Waals surface area contributed by atoms with E-state index in [1.807, 2.05) is 0 Å². The second kappa shape index (κ2) is 6.09. The molecule has 21 heavy (non-hydrogen) atoms. The normalized spacial score (nSPS) is 10.8. The van der Waals surface area contributed by atoms with Crippen LogP contribution in [-0.4, -0.2) is 31.0 Å². The van der Waals surface area contributed by atoms with E-state index in [4.69, 9.17) is 11.6 Å². The molecule has 1 aromatic carbocycles. The molecule has 0 bridgehead atoms. The molecule has 1 amide bonds. The smallest absolute Gasteiger partial charge is 0.288 e. The first-order chi connectivity index (χ1) is 9.95. The number of carbonyl (C=O) groups is 1. The molecule has 10 heteroatoms. The molecule has 0 atom stereocenters. The summed E-state index contributed by atoms with van der Waals surface area (Å²) in [5.74, 6) is -0.421. The fourth-order valence-corrected chi connectivity index (χ4v) is 1.62. The summed E-state index contributed by atoms with van der Waals surface area (Å²) in [6, 6.07) is 4.22. The minimum atomic E-state index is -0.594. The first kappa shape index (κ1) is 14.6. The van der Waals surface area contributed by atoms with E-state index in [0.717, 1.165) is 0 Å². The average molecular weight is 309 g/mol. The third-order valence-corrected chi connectivity index (χ3v) is 2.66. The van der Waals surface area contributed by atoms with Crippen LogP contribution in [0.1, 0.15) is 5.56 Å². The number of anilines is 1. The number of hydrogen-bond acceptors (Lipinski definition) is 6. The number of nitrogens with one attached hydrogen (secondary N) is 1. The molecule has 1 N–H and O–H groups in total. The van der Waals surface area contributed by atoms with Crippen LogP contribution in [0.5, 0.6) is 0 Å². The van der Waals surface area contributed by atoms with Crippen molar-refractivity contribution >= 4 is 35.2 Å². The maximum atomic E-state index is 11.6. The molecular formula is C11H9ClN6O3. The van der Waals surface area contributed by atoms with Crippen LogP contribution in [0.25, 0.3) is 6.08 Å². The molecule has 0 saturated carbocycles. The minimum absolute atomic E-state index is 0.0327. The number of aryl methyl sites for hydroxylation is 1. The van der Waals surface area contributed by atoms with Gasteiger partial charge in [-0.25, -0.2) is 0 Å². The van der Waals surface area contributed by atoms with Crippen molar-refractivity contribution in [3.63, 3.8) is 0 Å². The Morgan fingerprint density at radius 1 is 1.52 bits per heavy atom. The Labute approximate surface area is 123 Å². The molecule has 0 aliphatic carbocycles. The summed E-state index contributed by atoms with van der Waals surface area (Å²) in [5, 5.41) is 24.1. The Balaban J connectivity index is 2.08. The Bertz CT molecular complexity index is 726. The van der Waals surface area contributed by atoms with Gasteiger partial charge in [-0.2, -0.15) is 4.80 Å². The zero-order valence-electron chi connectivity index (χ0n) is 10.7. The van der Waals surface area contributed by atoms with Crippen molar-refractivity contribution in [2.75, 3.05) is 5.32 Å². The third kappa shape index (κ3) is 3.83. The van der Waals surface area contributed by atoms with Crippen molar-refractivity contribution < 1.29 is 9.72 Å². The van der Waals surface area contributed by atoms with Crippen molar-refractivity contribution in [2.45, 2.75) is 0 Å². The zero-order valence-corrected chi connectivity index (χ0v) is 11.5. The summed E-state index contributed by atoms with van der Waals surface area (Å²) in [4.78, 5) is 23.0. The lowest BCUT2D eigenvalue weighted by Crippen LogP contribution is -2.09. The second-order valence-corrected chi connectivity index (χ2v) is 4.30. The predicted molar refractivity (Wildman–Crippen MR) is 74.6 cm³/mol. The van der Waals surface area contributed by atoms with Gasteiger partial charge in [0.05, 0.1) is 12.0 Å². The highest BCUT2D eigenvalue weighted by atomic mass is 35.5. The van der Waals surface area contributed by atoms with E-state index >= 15 is 0 Å². The third-order valence-electron chi connectivity index (χ3n) is 2.34. The molecule has 2 rings (SSSR count). The van der Waals surface area contributed by atoms with E-state index < -0.39 is 10.8 Å². The molecule has 0 spiro atoms. The summed E-state index contributed by atoms with van der Waals surface area (Å²) >= 11 is 5.69. The highest BCUT2D eigenvalue weighted by Gasteiger charge is 2.11. The summed E-state index contributed by atoms with van der Waals surface area (Å²) < 4.78 is 0. The Kier molecular flexibility index (Phi) is 4.24. The van der Waals surface area contributed by atoms with Crippen molar-refractivity contribution in [1.82, 2.24) is 20.2 Å². The molecular weight excluding hydrogens is 300 g/mol. The fourth-order valence-electron chi connectivity index (χ4n) is 1.43. The van der Waals surface area contributed by atoms with Crippen LogP contribution >= 0.6 is 11.6 Å². The van der Waals surface area contributed by atoms with E-state index in [2.05, 4.69) is 20.7 Å². The van der Waals surface area contributed by atoms with Gasteiger partial charge < -0.3 is 0 Å². The number of nitro groups is 1. The van der Waals surface area contributed by atoms with Gasteiger partial charge in [0, 0.05) is 12.1 Å². The van der Waals surface area contributed by atoms with Gasteiger partial charge in [0.2, 0.25) is 0 Å². The summed E-state index contributed by atoms with van der Waals surface area (Å²) in [6.07, 6.45) is 2.61. The molecule has 0 fully saturated rings. The first-order valence-corrected chi connectivity index (χ1v) is 6.00. The van der Waals surface area contributed by atoms with Crippen LogP contribution in [0.15, 0.2) is 24.3 Å². The largest absolute Gasteiger partial charge is 0.288 e. The lowest BCUT2D eigenvalue weighted by molar-refractivity contribution is -0.384. The molecule has 0 radical (unpaired) electrons. The topological polar surface area (TPSA) is 116 Å². The zero-order chi connectivity index (χ0) is 15.4. The molecule has 108 valence electrons. The van der Waals surface area contributed by atoms with Crippen LogP contribution in [0.3, 0.4) is 0 Å². The minimum Gasteiger partial charge on any atom is -0.288 e. The SMILES string of the molecule is Cn1nnc(NC(=O)/C=C/c2ccc(Cl)c([N+](=O)[O-])c2)n1. The highest BCUT2D eigenvalue weighted by molar-refractivity contribution is 6.32. The van der Waals surface area contributed by atoms with Gasteiger partial charge in [0.25, 0.3) is 17.5 Å². The number of halogens is 1. The Hall–Kier alpha value is -2.81. The maximum Gasteiger partial charge on any atom is 0.288 e. The molecule has 0 unspecified atom stereocenters. The van der Waals surface area contributed by atoms with E-state index in [9.17, 15) is 14.9 Å². The number of tetrazole rings is 1. The van der Waals surface area contributed by atoms with E-state index in [-0.39, 0.29) is 16.7 Å². The lowest BCUT2D eigenvalue weighted by atomic mass is 10.2. The second-order valence-electron chi connectivity index (χ2n) is 3.89. The number of aromatic nitrogens is 4. The molecule has 0 saturated heterocycles. The fraction of sp³-hybridized carbons (Fsp3) is 0.0909. The Morgan fingerprint density at radius 3 is 2.90 bits per heavy atom. The van der Waals surface area contributed by atoms with E-state index in [1.165, 1.54) is 29.1 Å². The summed E-state index contributed by atoms with van der Waals surface area (Å²) in [7, 11) is 1.56. The monoisotopic (exact) mass is 308 g/mol. The van der Waals surface area contributed by atoms with Crippen molar-refractivity contribution in [3.8, 4) is 0 Å². The van der Waals surface area contributed by atoms with Crippen molar-refractivity contribution in [2.24, 2.45) is 7.05 Å². The molecule has 1 aromatic heterocycles. The van der Waals surface area contributed by atoms with Gasteiger partial charge in [-0.05, 0) is 22.9 Å². The number of rotatable bonds is 4. The Morgan fingerprint density at radius 2 is 2.29 bits per heavy atom. The van der Waals surface area contributed by atoms with Gasteiger partial charge in [-0.3, -0.25) is 20.2 Å². The molecule has 9 nitrogen and oxygen atoms in total. The van der Waals surface area contributed by atoms with Gasteiger partial charge in [0.1, 0.15) is 5.02 Å². The van der Waals surface area contributed by atoms with Crippen LogP contribution in [0.2, 0.25) is 5.02 Å². The number of carbonyl (C=O) groups excluding carboxylic acids is 1. The summed E-state index contributed by atoms with van der Waals surface area (Å²) in [5.41, 5.74) is 0.239. The predicted octanol–water partition coefficient (Wildman–Crippen LogP) is 1.42. The maximum absolute atomic E-state index is 11.6. The molecule has 1 heterocycles. The quantitative estimate of drug-likeness (QED) is 0.519. The van der Waals surface area contributed by atoms with Crippen molar-refractivity contribution in [1.29, 1.82) is 0 Å². The number of nitrogens with zero attached hydrogens (tertiary/aromatic N) is 5. The lowest BCUT2D eigenvalue weighted by Gasteiger charge is -1.97. The van der Waals surface area contributed by atoms with Gasteiger partial charge in [0.15, 0.2) is 0 Å². The highest BCUT2D eigenvalue weighted by Crippen LogP contribution is 2.25. The number of amides is 1. The van der Waals surface area contributed by atoms with Crippen LogP contribution in [0.4, 0.5) is 11.6 Å². The number of benzene rings is 1. The molecule has 0 aliphatic rings. The van der Waals surface area contributed by atoms with Gasteiger partial charge in [-0.1, -0.05) is 22.8 Å². The average Bonchev–Trinajstić information content (AvgIpc) is 2.82. The number of hydrogen-bond donors (Lipinski definition) is 1. The standard InChI is InChI=1S/C11H9ClN6O3/c1-17-15-11(14-16-17)13-10(19)5-3-7-2-4-8(12)9(6-7)18(20)21/h2-6H,1H3,(H,13,15,19)/b5-3+.